The SMILES string of the molecule is C=COc1ccc(S(=O)(=O)N[C@@H](Cc2ccc(OCc3csc(C(C)C)n3)cc2)C(=O)N(CC(C)C)CC(C)C)cc1. The number of aromatic nitrogens is 1. The first-order chi connectivity index (χ1) is 19.9. The second-order valence-corrected chi connectivity index (χ2v) is 14.0. The number of thiazole rings is 1. The Bertz CT molecular complexity index is 1390. The molecular weight excluding hydrogens is 571 g/mol. The van der Waals surface area contributed by atoms with Gasteiger partial charge in [-0.3, -0.25) is 4.79 Å². The molecule has 0 radical (unpaired) electrons. The van der Waals surface area contributed by atoms with Crippen LogP contribution in [0.5, 0.6) is 11.5 Å². The van der Waals surface area contributed by atoms with E-state index in [-0.39, 0.29) is 29.1 Å². The van der Waals surface area contributed by atoms with Crippen LogP contribution < -0.4 is 14.2 Å². The molecular formula is C32H43N3O5S2. The lowest BCUT2D eigenvalue weighted by Crippen LogP contribution is -2.51. The minimum atomic E-state index is -4.01. The summed E-state index contributed by atoms with van der Waals surface area (Å²) in [5.74, 6) is 1.72. The van der Waals surface area contributed by atoms with Crippen molar-refractivity contribution in [3.63, 3.8) is 0 Å². The van der Waals surface area contributed by atoms with E-state index in [1.54, 1.807) is 28.4 Å². The summed E-state index contributed by atoms with van der Waals surface area (Å²) >= 11 is 1.63. The van der Waals surface area contributed by atoms with E-state index in [0.717, 1.165) is 16.3 Å². The molecule has 0 bridgehead atoms. The highest BCUT2D eigenvalue weighted by Gasteiger charge is 2.30. The molecule has 1 aromatic heterocycles. The van der Waals surface area contributed by atoms with Gasteiger partial charge in [-0.05, 0) is 60.2 Å². The number of hydrogen-bond donors (Lipinski definition) is 1. The molecule has 0 saturated heterocycles. The molecule has 2 aromatic carbocycles. The molecule has 42 heavy (non-hydrogen) atoms. The van der Waals surface area contributed by atoms with Gasteiger partial charge in [0.2, 0.25) is 15.9 Å². The fourth-order valence-corrected chi connectivity index (χ4v) is 6.36. The van der Waals surface area contributed by atoms with Gasteiger partial charge in [0.05, 0.1) is 21.9 Å². The molecule has 1 atom stereocenters. The van der Waals surface area contributed by atoms with Crippen LogP contribution in [0.1, 0.15) is 63.7 Å². The van der Waals surface area contributed by atoms with Crippen molar-refractivity contribution in [2.45, 2.75) is 71.4 Å². The van der Waals surface area contributed by atoms with Crippen molar-refractivity contribution in [2.75, 3.05) is 13.1 Å². The van der Waals surface area contributed by atoms with E-state index >= 15 is 0 Å². The van der Waals surface area contributed by atoms with Gasteiger partial charge in [-0.2, -0.15) is 4.72 Å². The zero-order valence-corrected chi connectivity index (χ0v) is 27.0. The summed E-state index contributed by atoms with van der Waals surface area (Å²) in [5.41, 5.74) is 1.69. The number of nitrogens with one attached hydrogen (secondary N) is 1. The molecule has 228 valence electrons. The van der Waals surface area contributed by atoms with E-state index in [1.807, 2.05) is 57.3 Å². The number of benzene rings is 2. The summed E-state index contributed by atoms with van der Waals surface area (Å²) in [4.78, 5) is 20.3. The first-order valence-electron chi connectivity index (χ1n) is 14.2. The van der Waals surface area contributed by atoms with Crippen LogP contribution in [0.3, 0.4) is 0 Å². The number of amides is 1. The Morgan fingerprint density at radius 3 is 2.10 bits per heavy atom. The van der Waals surface area contributed by atoms with Crippen LogP contribution in [0.4, 0.5) is 0 Å². The number of rotatable bonds is 16. The highest BCUT2D eigenvalue weighted by molar-refractivity contribution is 7.89. The number of ether oxygens (including phenoxy) is 2. The van der Waals surface area contributed by atoms with Crippen molar-refractivity contribution in [2.24, 2.45) is 11.8 Å². The largest absolute Gasteiger partial charge is 0.487 e. The quantitative estimate of drug-likeness (QED) is 0.188. The van der Waals surface area contributed by atoms with Gasteiger partial charge in [0.25, 0.3) is 0 Å². The summed E-state index contributed by atoms with van der Waals surface area (Å²) < 4.78 is 40.7. The third-order valence-electron chi connectivity index (χ3n) is 6.25. The number of sulfonamides is 1. The highest BCUT2D eigenvalue weighted by atomic mass is 32.2. The van der Waals surface area contributed by atoms with Crippen molar-refractivity contribution in [3.05, 3.63) is 83.0 Å². The second-order valence-electron chi connectivity index (χ2n) is 11.4. The first-order valence-corrected chi connectivity index (χ1v) is 16.6. The van der Waals surface area contributed by atoms with Crippen LogP contribution in [0.2, 0.25) is 0 Å². The molecule has 1 amide bonds. The summed E-state index contributed by atoms with van der Waals surface area (Å²) in [6.45, 7) is 17.3. The fourth-order valence-electron chi connectivity index (χ4n) is 4.35. The molecule has 1 heterocycles. The van der Waals surface area contributed by atoms with E-state index in [4.69, 9.17) is 9.47 Å². The predicted molar refractivity (Wildman–Crippen MR) is 168 cm³/mol. The molecule has 0 saturated carbocycles. The topological polar surface area (TPSA) is 97.8 Å². The van der Waals surface area contributed by atoms with E-state index in [0.29, 0.717) is 37.1 Å². The Labute approximate surface area is 254 Å². The minimum absolute atomic E-state index is 0.0439. The van der Waals surface area contributed by atoms with Crippen molar-refractivity contribution in [1.29, 1.82) is 0 Å². The first kappa shape index (κ1) is 33.3. The standard InChI is InChI=1S/C32H43N3O5S2/c1-8-39-27-13-15-29(16-14-27)42(37,38)34-30(32(36)35(18-22(2)3)19-23(4)5)17-25-9-11-28(12-10-25)40-20-26-21-41-31(33-26)24(6)7/h8-16,21-24,30,34H,1,17-20H2,2-7H3/t30-/m0/s1. The highest BCUT2D eigenvalue weighted by Crippen LogP contribution is 2.22. The lowest BCUT2D eigenvalue weighted by Gasteiger charge is -2.30. The van der Waals surface area contributed by atoms with E-state index in [1.165, 1.54) is 18.4 Å². The monoisotopic (exact) mass is 613 g/mol. The van der Waals surface area contributed by atoms with Crippen LogP contribution >= 0.6 is 11.3 Å². The third-order valence-corrected chi connectivity index (χ3v) is 8.93. The van der Waals surface area contributed by atoms with Crippen molar-refractivity contribution in [1.82, 2.24) is 14.6 Å². The summed E-state index contributed by atoms with van der Waals surface area (Å²) in [6, 6.07) is 12.4. The lowest BCUT2D eigenvalue weighted by atomic mass is 10.0. The van der Waals surface area contributed by atoms with Gasteiger partial charge < -0.3 is 14.4 Å². The number of carbonyl (C=O) groups is 1. The van der Waals surface area contributed by atoms with Crippen LogP contribution in [-0.2, 0) is 27.8 Å². The molecule has 1 N–H and O–H groups in total. The van der Waals surface area contributed by atoms with Crippen LogP contribution in [-0.4, -0.2) is 43.3 Å². The Kier molecular flexibility index (Phi) is 12.1. The summed E-state index contributed by atoms with van der Waals surface area (Å²) in [6.07, 6.45) is 1.46. The smallest absolute Gasteiger partial charge is 0.241 e. The Balaban J connectivity index is 1.81. The summed E-state index contributed by atoms with van der Waals surface area (Å²) in [5, 5.41) is 3.08. The Hall–Kier alpha value is -3.21. The minimum Gasteiger partial charge on any atom is -0.487 e. The maximum Gasteiger partial charge on any atom is 0.241 e. The van der Waals surface area contributed by atoms with Crippen molar-refractivity contribution >= 4 is 27.3 Å². The average molecular weight is 614 g/mol. The van der Waals surface area contributed by atoms with Gasteiger partial charge >= 0.3 is 0 Å². The Morgan fingerprint density at radius 2 is 1.57 bits per heavy atom. The molecule has 0 aliphatic rings. The molecule has 0 aliphatic carbocycles. The van der Waals surface area contributed by atoms with Crippen molar-refractivity contribution in [3.8, 4) is 11.5 Å². The number of carbonyl (C=O) groups excluding carboxylic acids is 1. The fraction of sp³-hybridized carbons (Fsp3) is 0.438. The molecule has 0 fully saturated rings. The van der Waals surface area contributed by atoms with E-state index in [9.17, 15) is 13.2 Å². The zero-order valence-electron chi connectivity index (χ0n) is 25.4. The number of hydrogen-bond acceptors (Lipinski definition) is 7. The van der Waals surface area contributed by atoms with E-state index < -0.39 is 16.1 Å². The average Bonchev–Trinajstić information content (AvgIpc) is 3.41. The molecule has 8 nitrogen and oxygen atoms in total. The lowest BCUT2D eigenvalue weighted by molar-refractivity contribution is -0.134. The summed E-state index contributed by atoms with van der Waals surface area (Å²) in [7, 11) is -4.01. The Morgan fingerprint density at radius 1 is 0.976 bits per heavy atom. The van der Waals surface area contributed by atoms with Gasteiger partial charge in [0.1, 0.15) is 24.1 Å². The van der Waals surface area contributed by atoms with Crippen LogP contribution in [0.25, 0.3) is 0 Å². The normalized spacial score (nSPS) is 12.5. The second kappa shape index (κ2) is 15.3. The zero-order chi connectivity index (χ0) is 30.9. The van der Waals surface area contributed by atoms with Gasteiger partial charge in [-0.15, -0.1) is 11.3 Å². The maximum absolute atomic E-state index is 13.9. The molecule has 0 aliphatic heterocycles. The molecule has 3 rings (SSSR count). The van der Waals surface area contributed by atoms with Gasteiger partial charge in [0.15, 0.2) is 0 Å². The van der Waals surface area contributed by atoms with Gasteiger partial charge in [-0.1, -0.05) is 60.3 Å². The number of nitrogens with zero attached hydrogens (tertiary/aromatic N) is 2. The maximum atomic E-state index is 13.9. The predicted octanol–water partition coefficient (Wildman–Crippen LogP) is 6.40. The van der Waals surface area contributed by atoms with Gasteiger partial charge in [-0.25, -0.2) is 13.4 Å². The van der Waals surface area contributed by atoms with E-state index in [2.05, 4.69) is 30.1 Å². The molecule has 0 unspecified atom stereocenters. The molecule has 0 spiro atoms. The molecule has 10 heteroatoms. The van der Waals surface area contributed by atoms with Gasteiger partial charge in [0, 0.05) is 24.4 Å². The van der Waals surface area contributed by atoms with Crippen LogP contribution in [0, 0.1) is 11.8 Å². The third kappa shape index (κ3) is 9.96. The molecule has 3 aromatic rings. The van der Waals surface area contributed by atoms with Crippen molar-refractivity contribution < 1.29 is 22.7 Å². The van der Waals surface area contributed by atoms with Crippen LogP contribution in [0.15, 0.2) is 71.6 Å².